The van der Waals surface area contributed by atoms with Crippen LogP contribution in [-0.2, 0) is 4.74 Å². The average molecular weight is 250 g/mol. The molecule has 0 aliphatic carbocycles. The largest absolute Gasteiger partial charge is 0.478 e. The molecule has 0 radical (unpaired) electrons. The molecule has 0 unspecified atom stereocenters. The van der Waals surface area contributed by atoms with Crippen molar-refractivity contribution < 1.29 is 19.4 Å². The van der Waals surface area contributed by atoms with E-state index in [0.29, 0.717) is 0 Å². The second-order valence-electron chi connectivity index (χ2n) is 5.26. The van der Waals surface area contributed by atoms with Crippen LogP contribution < -0.4 is 0 Å². The molecule has 0 aliphatic rings. The number of carbonyl (C=O) groups is 2. The fraction of sp³-hybridized carbons (Fsp3) is 0.429. The summed E-state index contributed by atoms with van der Waals surface area (Å²) in [6.45, 7) is 7.65. The number of esters is 1. The van der Waals surface area contributed by atoms with Crippen LogP contribution in [-0.4, -0.2) is 23.1 Å². The van der Waals surface area contributed by atoms with Gasteiger partial charge in [0.05, 0.1) is 11.1 Å². The first-order chi connectivity index (χ1) is 8.23. The van der Waals surface area contributed by atoms with Crippen LogP contribution in [0.3, 0.4) is 0 Å². The third kappa shape index (κ3) is 3.32. The first-order valence-corrected chi connectivity index (χ1v) is 5.77. The van der Waals surface area contributed by atoms with Crippen molar-refractivity contribution in [1.82, 2.24) is 0 Å². The predicted octanol–water partition coefficient (Wildman–Crippen LogP) is 2.98. The predicted molar refractivity (Wildman–Crippen MR) is 67.7 cm³/mol. The number of carboxylic acids is 1. The van der Waals surface area contributed by atoms with E-state index in [0.717, 1.165) is 0 Å². The number of benzene rings is 1. The summed E-state index contributed by atoms with van der Waals surface area (Å²) in [4.78, 5) is 22.9. The van der Waals surface area contributed by atoms with E-state index >= 15 is 0 Å². The second-order valence-corrected chi connectivity index (χ2v) is 5.26. The van der Waals surface area contributed by atoms with Gasteiger partial charge in [0.15, 0.2) is 0 Å². The Hall–Kier alpha value is -1.84. The molecular weight excluding hydrogens is 232 g/mol. The van der Waals surface area contributed by atoms with E-state index in [-0.39, 0.29) is 22.6 Å². The molecule has 0 aromatic heterocycles. The summed E-state index contributed by atoms with van der Waals surface area (Å²) in [7, 11) is 0. The molecule has 0 heterocycles. The van der Waals surface area contributed by atoms with Crippen LogP contribution in [0.4, 0.5) is 0 Å². The Kier molecular flexibility index (Phi) is 4.11. The van der Waals surface area contributed by atoms with Crippen molar-refractivity contribution in [2.45, 2.75) is 33.8 Å². The van der Waals surface area contributed by atoms with E-state index in [9.17, 15) is 9.59 Å². The van der Waals surface area contributed by atoms with Gasteiger partial charge in [-0.05, 0) is 24.5 Å². The summed E-state index contributed by atoms with van der Waals surface area (Å²) in [5, 5.41) is 9.00. The fourth-order valence-electron chi connectivity index (χ4n) is 1.25. The van der Waals surface area contributed by atoms with Crippen LogP contribution in [0, 0.1) is 5.41 Å². The maximum atomic E-state index is 11.9. The lowest BCUT2D eigenvalue weighted by molar-refractivity contribution is 0.00451. The molecule has 1 N–H and O–H groups in total. The highest BCUT2D eigenvalue weighted by Crippen LogP contribution is 2.23. The van der Waals surface area contributed by atoms with Gasteiger partial charge in [-0.2, -0.15) is 0 Å². The number of ether oxygens (including phenoxy) is 1. The van der Waals surface area contributed by atoms with Crippen molar-refractivity contribution in [3.8, 4) is 0 Å². The maximum Gasteiger partial charge on any atom is 0.339 e. The number of aromatic carboxylic acids is 1. The summed E-state index contributed by atoms with van der Waals surface area (Å²) in [6, 6.07) is 6.04. The number of hydrogen-bond donors (Lipinski definition) is 1. The van der Waals surface area contributed by atoms with Gasteiger partial charge >= 0.3 is 11.9 Å². The Labute approximate surface area is 107 Å². The molecule has 0 fully saturated rings. The van der Waals surface area contributed by atoms with Crippen molar-refractivity contribution >= 4 is 11.9 Å². The third-order valence-corrected chi connectivity index (χ3v) is 2.88. The highest BCUT2D eigenvalue weighted by molar-refractivity contribution is 6.02. The van der Waals surface area contributed by atoms with Gasteiger partial charge in [-0.15, -0.1) is 0 Å². The van der Waals surface area contributed by atoms with E-state index in [1.807, 2.05) is 20.8 Å². The van der Waals surface area contributed by atoms with Crippen LogP contribution >= 0.6 is 0 Å². The van der Waals surface area contributed by atoms with Crippen LogP contribution in [0.1, 0.15) is 48.4 Å². The summed E-state index contributed by atoms with van der Waals surface area (Å²) in [6.07, 6.45) is -0.299. The minimum Gasteiger partial charge on any atom is -0.478 e. The zero-order chi connectivity index (χ0) is 13.9. The van der Waals surface area contributed by atoms with E-state index in [1.54, 1.807) is 19.1 Å². The summed E-state index contributed by atoms with van der Waals surface area (Å²) in [5.74, 6) is -1.73. The summed E-state index contributed by atoms with van der Waals surface area (Å²) < 4.78 is 5.29. The van der Waals surface area contributed by atoms with Gasteiger partial charge in [-0.25, -0.2) is 9.59 Å². The molecule has 1 aromatic rings. The molecule has 18 heavy (non-hydrogen) atoms. The summed E-state index contributed by atoms with van der Waals surface area (Å²) in [5.41, 5.74) is -0.141. The van der Waals surface area contributed by atoms with Crippen molar-refractivity contribution in [2.24, 2.45) is 5.41 Å². The Bertz CT molecular complexity index is 457. The van der Waals surface area contributed by atoms with Crippen molar-refractivity contribution in [1.29, 1.82) is 0 Å². The molecule has 0 amide bonds. The van der Waals surface area contributed by atoms with Gasteiger partial charge in [0.1, 0.15) is 6.10 Å². The second kappa shape index (κ2) is 5.21. The van der Waals surface area contributed by atoms with Crippen molar-refractivity contribution in [3.05, 3.63) is 35.4 Å². The molecule has 1 atom stereocenters. The first-order valence-electron chi connectivity index (χ1n) is 5.77. The Morgan fingerprint density at radius 2 is 1.67 bits per heavy atom. The molecule has 0 aliphatic heterocycles. The molecule has 1 aromatic carbocycles. The maximum absolute atomic E-state index is 11.9. The Morgan fingerprint density at radius 3 is 2.11 bits per heavy atom. The van der Waals surface area contributed by atoms with Gasteiger partial charge in [0.25, 0.3) is 0 Å². The van der Waals surface area contributed by atoms with Gasteiger partial charge in [0.2, 0.25) is 0 Å². The van der Waals surface area contributed by atoms with E-state index in [1.165, 1.54) is 12.1 Å². The SMILES string of the molecule is C[C@H](OC(=O)c1ccccc1C(=O)O)C(C)(C)C. The Balaban J connectivity index is 2.95. The molecule has 1 rings (SSSR count). The number of carbonyl (C=O) groups excluding carboxylic acids is 1. The van der Waals surface area contributed by atoms with Gasteiger partial charge in [-0.3, -0.25) is 0 Å². The molecule has 4 nitrogen and oxygen atoms in total. The lowest BCUT2D eigenvalue weighted by atomic mass is 9.90. The molecule has 0 bridgehead atoms. The quantitative estimate of drug-likeness (QED) is 0.838. The van der Waals surface area contributed by atoms with E-state index in [4.69, 9.17) is 9.84 Å². The minimum absolute atomic E-state index is 0.0383. The molecule has 0 saturated carbocycles. The molecule has 0 spiro atoms. The molecule has 4 heteroatoms. The van der Waals surface area contributed by atoms with Gasteiger partial charge in [0, 0.05) is 0 Å². The van der Waals surface area contributed by atoms with Crippen LogP contribution in [0.2, 0.25) is 0 Å². The topological polar surface area (TPSA) is 63.6 Å². The smallest absolute Gasteiger partial charge is 0.339 e. The molecule has 0 saturated heterocycles. The van der Waals surface area contributed by atoms with Crippen molar-refractivity contribution in [3.63, 3.8) is 0 Å². The fourth-order valence-corrected chi connectivity index (χ4v) is 1.25. The zero-order valence-corrected chi connectivity index (χ0v) is 11.1. The number of rotatable bonds is 3. The van der Waals surface area contributed by atoms with Crippen LogP contribution in [0.5, 0.6) is 0 Å². The first kappa shape index (κ1) is 14.2. The molecule has 98 valence electrons. The van der Waals surface area contributed by atoms with E-state index < -0.39 is 11.9 Å². The van der Waals surface area contributed by atoms with Gasteiger partial charge < -0.3 is 9.84 Å². The molecular formula is C14H18O4. The van der Waals surface area contributed by atoms with E-state index in [2.05, 4.69) is 0 Å². The summed E-state index contributed by atoms with van der Waals surface area (Å²) >= 11 is 0. The highest BCUT2D eigenvalue weighted by Gasteiger charge is 2.26. The van der Waals surface area contributed by atoms with Crippen molar-refractivity contribution in [2.75, 3.05) is 0 Å². The highest BCUT2D eigenvalue weighted by atomic mass is 16.5. The van der Waals surface area contributed by atoms with Crippen LogP contribution in [0.15, 0.2) is 24.3 Å². The number of hydrogen-bond acceptors (Lipinski definition) is 3. The zero-order valence-electron chi connectivity index (χ0n) is 11.1. The van der Waals surface area contributed by atoms with Gasteiger partial charge in [-0.1, -0.05) is 32.9 Å². The standard InChI is InChI=1S/C14H18O4/c1-9(14(2,3)4)18-13(17)11-8-6-5-7-10(11)12(15)16/h5-9H,1-4H3,(H,15,16)/t9-/m0/s1. The lowest BCUT2D eigenvalue weighted by Gasteiger charge is -2.27. The Morgan fingerprint density at radius 1 is 1.17 bits per heavy atom. The lowest BCUT2D eigenvalue weighted by Crippen LogP contribution is -2.29. The average Bonchev–Trinajstić information content (AvgIpc) is 2.27. The number of carboxylic acid groups (broad SMARTS) is 1. The van der Waals surface area contributed by atoms with Crippen LogP contribution in [0.25, 0.3) is 0 Å². The third-order valence-electron chi connectivity index (χ3n) is 2.88. The minimum atomic E-state index is -1.13. The monoisotopic (exact) mass is 250 g/mol. The normalized spacial score (nSPS) is 12.9.